The molecule has 0 bridgehead atoms. The van der Waals surface area contributed by atoms with Crippen LogP contribution >= 0.6 is 0 Å². The molecule has 0 N–H and O–H groups in total. The Labute approximate surface area is 130 Å². The lowest BCUT2D eigenvalue weighted by Crippen LogP contribution is -2.56. The second-order valence-corrected chi connectivity index (χ2v) is 5.71. The SMILES string of the molecule is O=[N+]([O-])c1cc(N2CCN(C3COC3)CC2)cc(C(F)(F)F)c1. The van der Waals surface area contributed by atoms with Crippen molar-refractivity contribution in [2.45, 2.75) is 12.2 Å². The minimum atomic E-state index is -4.61. The van der Waals surface area contributed by atoms with Gasteiger partial charge in [-0.15, -0.1) is 0 Å². The van der Waals surface area contributed by atoms with Gasteiger partial charge in [-0.2, -0.15) is 13.2 Å². The van der Waals surface area contributed by atoms with Crippen LogP contribution in [0.1, 0.15) is 5.56 Å². The maximum Gasteiger partial charge on any atom is 0.416 e. The van der Waals surface area contributed by atoms with E-state index in [0.717, 1.165) is 6.07 Å². The van der Waals surface area contributed by atoms with E-state index in [1.807, 2.05) is 0 Å². The summed E-state index contributed by atoms with van der Waals surface area (Å²) in [6.45, 7) is 3.87. The molecule has 2 fully saturated rings. The number of benzene rings is 1. The van der Waals surface area contributed by atoms with Crippen molar-refractivity contribution in [3.63, 3.8) is 0 Å². The molecule has 2 saturated heterocycles. The minimum Gasteiger partial charge on any atom is -0.378 e. The molecule has 3 rings (SSSR count). The number of nitro groups is 1. The smallest absolute Gasteiger partial charge is 0.378 e. The molecule has 0 spiro atoms. The fourth-order valence-corrected chi connectivity index (χ4v) is 2.83. The average molecular weight is 331 g/mol. The van der Waals surface area contributed by atoms with Crippen LogP contribution in [0.25, 0.3) is 0 Å². The highest BCUT2D eigenvalue weighted by Gasteiger charge is 2.34. The molecule has 0 atom stereocenters. The summed E-state index contributed by atoms with van der Waals surface area (Å²) in [6, 6.07) is 3.14. The maximum absolute atomic E-state index is 12.9. The number of nitro benzene ring substituents is 1. The normalized spacial score (nSPS) is 20.4. The second kappa shape index (κ2) is 5.97. The summed E-state index contributed by atoms with van der Waals surface area (Å²) >= 11 is 0. The van der Waals surface area contributed by atoms with Crippen LogP contribution < -0.4 is 4.90 Å². The van der Waals surface area contributed by atoms with Crippen molar-refractivity contribution in [3.05, 3.63) is 33.9 Å². The van der Waals surface area contributed by atoms with Crippen LogP contribution in [0.3, 0.4) is 0 Å². The molecule has 0 amide bonds. The number of non-ortho nitro benzene ring substituents is 1. The van der Waals surface area contributed by atoms with Gasteiger partial charge in [0.25, 0.3) is 5.69 Å². The van der Waals surface area contributed by atoms with Gasteiger partial charge in [0.2, 0.25) is 0 Å². The third kappa shape index (κ3) is 3.40. The van der Waals surface area contributed by atoms with Crippen LogP contribution in [0.4, 0.5) is 24.5 Å². The van der Waals surface area contributed by atoms with E-state index in [1.165, 1.54) is 6.07 Å². The molecule has 0 aromatic heterocycles. The number of nitrogens with zero attached hydrogens (tertiary/aromatic N) is 3. The molecular formula is C14H16F3N3O3. The maximum atomic E-state index is 12.9. The highest BCUT2D eigenvalue weighted by molar-refractivity contribution is 5.56. The number of alkyl halides is 3. The van der Waals surface area contributed by atoms with Crippen molar-refractivity contribution < 1.29 is 22.8 Å². The number of hydrogen-bond donors (Lipinski definition) is 0. The van der Waals surface area contributed by atoms with Crippen molar-refractivity contribution in [2.24, 2.45) is 0 Å². The molecule has 0 aliphatic carbocycles. The number of hydrogen-bond acceptors (Lipinski definition) is 5. The number of anilines is 1. The second-order valence-electron chi connectivity index (χ2n) is 5.71. The molecule has 23 heavy (non-hydrogen) atoms. The van der Waals surface area contributed by atoms with Gasteiger partial charge >= 0.3 is 6.18 Å². The first-order valence-corrected chi connectivity index (χ1v) is 7.28. The Morgan fingerprint density at radius 2 is 1.78 bits per heavy atom. The fraction of sp³-hybridized carbons (Fsp3) is 0.571. The minimum absolute atomic E-state index is 0.246. The van der Waals surface area contributed by atoms with Gasteiger partial charge in [-0.05, 0) is 6.07 Å². The molecule has 126 valence electrons. The van der Waals surface area contributed by atoms with Gasteiger partial charge in [0.05, 0.1) is 29.7 Å². The summed E-state index contributed by atoms with van der Waals surface area (Å²) < 4.78 is 43.9. The summed E-state index contributed by atoms with van der Waals surface area (Å²) in [5.41, 5.74) is -1.28. The largest absolute Gasteiger partial charge is 0.416 e. The molecule has 6 nitrogen and oxygen atoms in total. The third-order valence-electron chi connectivity index (χ3n) is 4.26. The molecule has 0 saturated carbocycles. The number of piperazine rings is 1. The first-order valence-electron chi connectivity index (χ1n) is 7.28. The monoisotopic (exact) mass is 331 g/mol. The van der Waals surface area contributed by atoms with Gasteiger partial charge < -0.3 is 9.64 Å². The van der Waals surface area contributed by atoms with E-state index in [4.69, 9.17) is 4.74 Å². The van der Waals surface area contributed by atoms with Gasteiger partial charge in [-0.3, -0.25) is 15.0 Å². The fourth-order valence-electron chi connectivity index (χ4n) is 2.83. The highest BCUT2D eigenvalue weighted by Crippen LogP contribution is 2.35. The Hall–Kier alpha value is -1.87. The first-order chi connectivity index (χ1) is 10.8. The van der Waals surface area contributed by atoms with Crippen molar-refractivity contribution in [2.75, 3.05) is 44.3 Å². The zero-order chi connectivity index (χ0) is 16.6. The lowest BCUT2D eigenvalue weighted by Gasteiger charge is -2.43. The van der Waals surface area contributed by atoms with Crippen LogP contribution in [0, 0.1) is 10.1 Å². The van der Waals surface area contributed by atoms with E-state index < -0.39 is 22.4 Å². The van der Waals surface area contributed by atoms with E-state index in [1.54, 1.807) is 4.90 Å². The van der Waals surface area contributed by atoms with Crippen LogP contribution in [0.2, 0.25) is 0 Å². The van der Waals surface area contributed by atoms with Crippen LogP contribution in [-0.4, -0.2) is 55.3 Å². The van der Waals surface area contributed by atoms with Crippen molar-refractivity contribution in [1.29, 1.82) is 0 Å². The molecule has 1 aromatic rings. The van der Waals surface area contributed by atoms with E-state index in [9.17, 15) is 23.3 Å². The lowest BCUT2D eigenvalue weighted by atomic mass is 10.1. The van der Waals surface area contributed by atoms with E-state index >= 15 is 0 Å². The summed E-state index contributed by atoms with van der Waals surface area (Å²) in [5.74, 6) is 0. The van der Waals surface area contributed by atoms with E-state index in [2.05, 4.69) is 4.90 Å². The Morgan fingerprint density at radius 1 is 1.13 bits per heavy atom. The predicted molar refractivity (Wildman–Crippen MR) is 76.5 cm³/mol. The van der Waals surface area contributed by atoms with Gasteiger partial charge in [0, 0.05) is 44.0 Å². The summed E-state index contributed by atoms with van der Waals surface area (Å²) in [5, 5.41) is 10.9. The van der Waals surface area contributed by atoms with Crippen LogP contribution in [-0.2, 0) is 10.9 Å². The predicted octanol–water partition coefficient (Wildman–Crippen LogP) is 2.13. The number of ether oxygens (including phenoxy) is 1. The average Bonchev–Trinajstić information content (AvgIpc) is 2.45. The van der Waals surface area contributed by atoms with E-state index in [-0.39, 0.29) is 5.69 Å². The van der Waals surface area contributed by atoms with Crippen LogP contribution in [0.5, 0.6) is 0 Å². The van der Waals surface area contributed by atoms with Crippen molar-refractivity contribution in [1.82, 2.24) is 4.90 Å². The van der Waals surface area contributed by atoms with Gasteiger partial charge in [-0.1, -0.05) is 0 Å². The highest BCUT2D eigenvalue weighted by atomic mass is 19.4. The van der Waals surface area contributed by atoms with Gasteiger partial charge in [0.1, 0.15) is 0 Å². The standard InChI is InChI=1S/C14H16F3N3O3/c15-14(16,17)10-5-11(7-12(6-10)20(21)22)18-1-3-19(4-2-18)13-8-23-9-13/h5-7,13H,1-4,8-9H2. The van der Waals surface area contributed by atoms with Gasteiger partial charge in [0.15, 0.2) is 0 Å². The van der Waals surface area contributed by atoms with Gasteiger partial charge in [-0.25, -0.2) is 0 Å². The summed E-state index contributed by atoms with van der Waals surface area (Å²) in [7, 11) is 0. The Bertz CT molecular complexity index is 597. The zero-order valence-electron chi connectivity index (χ0n) is 12.3. The molecule has 2 heterocycles. The molecule has 2 aliphatic rings. The summed E-state index contributed by atoms with van der Waals surface area (Å²) in [4.78, 5) is 14.1. The first kappa shape index (κ1) is 16.0. The molecule has 9 heteroatoms. The Kier molecular flexibility index (Phi) is 4.15. The van der Waals surface area contributed by atoms with Crippen molar-refractivity contribution in [3.8, 4) is 0 Å². The number of rotatable bonds is 3. The Balaban J connectivity index is 1.79. The van der Waals surface area contributed by atoms with Crippen molar-refractivity contribution >= 4 is 11.4 Å². The van der Waals surface area contributed by atoms with Crippen LogP contribution in [0.15, 0.2) is 18.2 Å². The quantitative estimate of drug-likeness (QED) is 0.627. The molecule has 2 aliphatic heterocycles. The molecule has 0 unspecified atom stereocenters. The number of halogens is 3. The topological polar surface area (TPSA) is 58.9 Å². The molecule has 1 aromatic carbocycles. The Morgan fingerprint density at radius 3 is 2.26 bits per heavy atom. The third-order valence-corrected chi connectivity index (χ3v) is 4.26. The van der Waals surface area contributed by atoms with E-state index in [0.29, 0.717) is 51.5 Å². The molecular weight excluding hydrogens is 315 g/mol. The zero-order valence-corrected chi connectivity index (χ0v) is 12.3. The lowest BCUT2D eigenvalue weighted by molar-refractivity contribution is -0.385. The molecule has 0 radical (unpaired) electrons. The summed E-state index contributed by atoms with van der Waals surface area (Å²) in [6.07, 6.45) is -4.61.